The molecule has 0 spiro atoms. The molecule has 0 amide bonds. The van der Waals surface area contributed by atoms with E-state index in [1.807, 2.05) is 40.0 Å². The monoisotopic (exact) mass is 198 g/mol. The summed E-state index contributed by atoms with van der Waals surface area (Å²) < 4.78 is 0. The van der Waals surface area contributed by atoms with Crippen molar-refractivity contribution in [1.82, 2.24) is 9.80 Å². The Morgan fingerprint density at radius 1 is 1.21 bits per heavy atom. The molecular weight excluding hydrogens is 176 g/mol. The summed E-state index contributed by atoms with van der Waals surface area (Å²) in [7, 11) is 7.94. The Labute approximate surface area is 87.4 Å². The Morgan fingerprint density at radius 2 is 1.79 bits per heavy atom. The van der Waals surface area contributed by atoms with Crippen LogP contribution in [-0.2, 0) is 4.79 Å². The van der Waals surface area contributed by atoms with Gasteiger partial charge < -0.3 is 9.80 Å². The van der Waals surface area contributed by atoms with Crippen molar-refractivity contribution in [2.45, 2.75) is 19.8 Å². The average molecular weight is 198 g/mol. The Morgan fingerprint density at radius 3 is 2.14 bits per heavy atom. The number of rotatable bonds is 6. The van der Waals surface area contributed by atoms with Crippen molar-refractivity contribution in [3.8, 4) is 0 Å². The number of carbonyl (C=O) groups excluding carboxylic acids is 1. The lowest BCUT2D eigenvalue weighted by Gasteiger charge is -2.20. The number of nitrogens with zero attached hydrogens (tertiary/aromatic N) is 2. The zero-order valence-electron chi connectivity index (χ0n) is 10.0. The quantitative estimate of drug-likeness (QED) is 0.602. The topological polar surface area (TPSA) is 23.6 Å². The number of carbonyl (C=O) groups is 1. The van der Waals surface area contributed by atoms with Gasteiger partial charge in [-0.1, -0.05) is 6.92 Å². The molecule has 3 nitrogen and oxygen atoms in total. The summed E-state index contributed by atoms with van der Waals surface area (Å²) in [5.41, 5.74) is 1.06. The van der Waals surface area contributed by atoms with Crippen LogP contribution in [0.15, 0.2) is 11.8 Å². The van der Waals surface area contributed by atoms with Crippen molar-refractivity contribution < 1.29 is 4.79 Å². The molecule has 82 valence electrons. The molecule has 0 N–H and O–H groups in total. The van der Waals surface area contributed by atoms with Gasteiger partial charge >= 0.3 is 0 Å². The van der Waals surface area contributed by atoms with Crippen molar-refractivity contribution in [1.29, 1.82) is 0 Å². The molecule has 0 radical (unpaired) electrons. The number of hydrogen-bond acceptors (Lipinski definition) is 3. The van der Waals surface area contributed by atoms with Crippen LogP contribution in [-0.4, -0.2) is 50.3 Å². The molecule has 0 aliphatic heterocycles. The summed E-state index contributed by atoms with van der Waals surface area (Å²) in [6, 6.07) is 0. The van der Waals surface area contributed by atoms with Gasteiger partial charge in [0.2, 0.25) is 0 Å². The predicted molar refractivity (Wildman–Crippen MR) is 60.2 cm³/mol. The first-order valence-corrected chi connectivity index (χ1v) is 5.02. The van der Waals surface area contributed by atoms with Crippen molar-refractivity contribution in [2.75, 3.05) is 34.7 Å². The van der Waals surface area contributed by atoms with E-state index in [2.05, 4.69) is 4.90 Å². The van der Waals surface area contributed by atoms with Crippen molar-refractivity contribution >= 4 is 5.78 Å². The van der Waals surface area contributed by atoms with Gasteiger partial charge in [0.25, 0.3) is 0 Å². The highest BCUT2D eigenvalue weighted by atomic mass is 16.1. The molecule has 0 bridgehead atoms. The fourth-order valence-corrected chi connectivity index (χ4v) is 1.14. The lowest BCUT2D eigenvalue weighted by atomic mass is 10.2. The predicted octanol–water partition coefficient (Wildman–Crippen LogP) is 1.36. The molecule has 0 saturated heterocycles. The second-order valence-corrected chi connectivity index (χ2v) is 3.98. The highest BCUT2D eigenvalue weighted by Crippen LogP contribution is 2.02. The minimum atomic E-state index is 0.220. The van der Waals surface area contributed by atoms with Crippen LogP contribution in [0.5, 0.6) is 0 Å². The van der Waals surface area contributed by atoms with E-state index in [4.69, 9.17) is 0 Å². The third kappa shape index (κ3) is 5.75. The van der Waals surface area contributed by atoms with Crippen LogP contribution in [0.4, 0.5) is 0 Å². The summed E-state index contributed by atoms with van der Waals surface area (Å²) in [6.45, 7) is 2.83. The Kier molecular flexibility index (Phi) is 6.21. The standard InChI is InChI=1S/C11H22N2O/c1-6-7-11(14)8-10(13(4)5)9-12(2)3/h8H,6-7,9H2,1-5H3/b10-8+. The summed E-state index contributed by atoms with van der Waals surface area (Å²) in [5.74, 6) is 0.220. The first-order chi connectivity index (χ1) is 6.47. The fraction of sp³-hybridized carbons (Fsp3) is 0.727. The highest BCUT2D eigenvalue weighted by molar-refractivity contribution is 5.90. The Bertz CT molecular complexity index is 207. The molecule has 0 rings (SSSR count). The third-order valence-electron chi connectivity index (χ3n) is 1.88. The molecule has 0 aromatic rings. The average Bonchev–Trinajstić information content (AvgIpc) is 2.02. The van der Waals surface area contributed by atoms with Gasteiger partial charge in [0.15, 0.2) is 5.78 Å². The number of hydrogen-bond donors (Lipinski definition) is 0. The zero-order chi connectivity index (χ0) is 11.1. The van der Waals surface area contributed by atoms with E-state index in [0.29, 0.717) is 6.42 Å². The second-order valence-electron chi connectivity index (χ2n) is 3.98. The van der Waals surface area contributed by atoms with Gasteiger partial charge in [-0.25, -0.2) is 0 Å². The van der Waals surface area contributed by atoms with Crippen LogP contribution in [0, 0.1) is 0 Å². The van der Waals surface area contributed by atoms with E-state index in [0.717, 1.165) is 18.7 Å². The molecule has 3 heteroatoms. The van der Waals surface area contributed by atoms with Crippen LogP contribution in [0.25, 0.3) is 0 Å². The maximum Gasteiger partial charge on any atom is 0.157 e. The van der Waals surface area contributed by atoms with E-state index in [-0.39, 0.29) is 5.78 Å². The van der Waals surface area contributed by atoms with Crippen molar-refractivity contribution in [3.05, 3.63) is 11.8 Å². The fourth-order valence-electron chi connectivity index (χ4n) is 1.14. The van der Waals surface area contributed by atoms with E-state index in [1.54, 1.807) is 6.08 Å². The Hall–Kier alpha value is -0.830. The largest absolute Gasteiger partial charge is 0.380 e. The van der Waals surface area contributed by atoms with Gasteiger partial charge in [-0.3, -0.25) is 4.79 Å². The molecule has 0 unspecified atom stereocenters. The van der Waals surface area contributed by atoms with Gasteiger partial charge in [-0.15, -0.1) is 0 Å². The minimum absolute atomic E-state index is 0.220. The van der Waals surface area contributed by atoms with E-state index in [1.165, 1.54) is 0 Å². The normalized spacial score (nSPS) is 12.0. The summed E-state index contributed by atoms with van der Waals surface area (Å²) in [5, 5.41) is 0. The SMILES string of the molecule is CCCC(=O)/C=C(\CN(C)C)N(C)C. The van der Waals surface area contributed by atoms with Crippen molar-refractivity contribution in [2.24, 2.45) is 0 Å². The number of allylic oxidation sites excluding steroid dienone is 1. The molecule has 0 aromatic carbocycles. The maximum absolute atomic E-state index is 11.4. The van der Waals surface area contributed by atoms with Gasteiger partial charge in [-0.05, 0) is 20.5 Å². The first-order valence-electron chi connectivity index (χ1n) is 5.02. The molecule has 0 atom stereocenters. The van der Waals surface area contributed by atoms with Gasteiger partial charge in [0, 0.05) is 38.8 Å². The summed E-state index contributed by atoms with van der Waals surface area (Å²) >= 11 is 0. The van der Waals surface area contributed by atoms with Crippen LogP contribution in [0.2, 0.25) is 0 Å². The zero-order valence-corrected chi connectivity index (χ0v) is 10.0. The lowest BCUT2D eigenvalue weighted by molar-refractivity contribution is -0.114. The number of likely N-dealkylation sites (N-methyl/N-ethyl adjacent to an activating group) is 2. The van der Waals surface area contributed by atoms with Crippen molar-refractivity contribution in [3.63, 3.8) is 0 Å². The molecule has 14 heavy (non-hydrogen) atoms. The van der Waals surface area contributed by atoms with E-state index < -0.39 is 0 Å². The first kappa shape index (κ1) is 13.2. The number of ketones is 1. The summed E-state index contributed by atoms with van der Waals surface area (Å²) in [6.07, 6.45) is 3.31. The van der Waals surface area contributed by atoms with Crippen LogP contribution in [0.1, 0.15) is 19.8 Å². The van der Waals surface area contributed by atoms with Crippen LogP contribution < -0.4 is 0 Å². The molecule has 0 aliphatic carbocycles. The van der Waals surface area contributed by atoms with Gasteiger partial charge in [0.1, 0.15) is 0 Å². The Balaban J connectivity index is 4.39. The second kappa shape index (κ2) is 6.60. The van der Waals surface area contributed by atoms with Crippen LogP contribution in [0.3, 0.4) is 0 Å². The van der Waals surface area contributed by atoms with E-state index >= 15 is 0 Å². The third-order valence-corrected chi connectivity index (χ3v) is 1.88. The molecular formula is C11H22N2O. The molecule has 0 aromatic heterocycles. The smallest absolute Gasteiger partial charge is 0.157 e. The van der Waals surface area contributed by atoms with Crippen LogP contribution >= 0.6 is 0 Å². The maximum atomic E-state index is 11.4. The van der Waals surface area contributed by atoms with Gasteiger partial charge in [0.05, 0.1) is 0 Å². The lowest BCUT2D eigenvalue weighted by Crippen LogP contribution is -2.24. The minimum Gasteiger partial charge on any atom is -0.380 e. The molecule has 0 saturated carbocycles. The molecule has 0 aliphatic rings. The van der Waals surface area contributed by atoms with Gasteiger partial charge in [-0.2, -0.15) is 0 Å². The highest BCUT2D eigenvalue weighted by Gasteiger charge is 2.04. The van der Waals surface area contributed by atoms with E-state index in [9.17, 15) is 4.79 Å². The summed E-state index contributed by atoms with van der Waals surface area (Å²) in [4.78, 5) is 15.5. The molecule has 0 fully saturated rings. The molecule has 0 heterocycles.